The van der Waals surface area contributed by atoms with Crippen LogP contribution in [-0.4, -0.2) is 35.1 Å². The van der Waals surface area contributed by atoms with Crippen LogP contribution in [0.25, 0.3) is 10.9 Å². The summed E-state index contributed by atoms with van der Waals surface area (Å²) in [4.78, 5) is 14.8. The number of ether oxygens (including phenoxy) is 1. The number of para-hydroxylation sites is 1. The number of nitrogens with zero attached hydrogens (tertiary/aromatic N) is 2. The van der Waals surface area contributed by atoms with Crippen LogP contribution in [0.3, 0.4) is 0 Å². The summed E-state index contributed by atoms with van der Waals surface area (Å²) in [5, 5.41) is 1.18. The summed E-state index contributed by atoms with van der Waals surface area (Å²) >= 11 is 0. The first-order valence-electron chi connectivity index (χ1n) is 8.71. The normalized spacial score (nSPS) is 17.8. The molecule has 4 nitrogen and oxygen atoms in total. The van der Waals surface area contributed by atoms with Gasteiger partial charge in [0.2, 0.25) is 5.91 Å². The Morgan fingerprint density at radius 2 is 1.88 bits per heavy atom. The van der Waals surface area contributed by atoms with E-state index in [2.05, 4.69) is 41.8 Å². The summed E-state index contributed by atoms with van der Waals surface area (Å²) in [5.41, 5.74) is 3.35. The van der Waals surface area contributed by atoms with Crippen molar-refractivity contribution >= 4 is 16.8 Å². The first-order chi connectivity index (χ1) is 12.2. The molecule has 1 aliphatic heterocycles. The fourth-order valence-corrected chi connectivity index (χ4v) is 3.54. The summed E-state index contributed by atoms with van der Waals surface area (Å²) in [6, 6.07) is 20.5. The van der Waals surface area contributed by atoms with Crippen molar-refractivity contribution in [1.82, 2.24) is 9.47 Å². The molecule has 2 heterocycles. The van der Waals surface area contributed by atoms with E-state index in [0.717, 1.165) is 16.8 Å². The Morgan fingerprint density at radius 3 is 2.72 bits per heavy atom. The number of morpholine rings is 1. The SMILES string of the molecule is Cc1cc2ccccc2n1CC(=O)N1CCOC(c2ccccc2)C1. The van der Waals surface area contributed by atoms with Gasteiger partial charge in [0.15, 0.2) is 0 Å². The number of amides is 1. The number of fused-ring (bicyclic) bond motifs is 1. The maximum Gasteiger partial charge on any atom is 0.242 e. The average molecular weight is 334 g/mol. The first kappa shape index (κ1) is 15.9. The monoisotopic (exact) mass is 334 g/mol. The number of hydrogen-bond donors (Lipinski definition) is 0. The van der Waals surface area contributed by atoms with Crippen LogP contribution < -0.4 is 0 Å². The summed E-state index contributed by atoms with van der Waals surface area (Å²) < 4.78 is 7.97. The lowest BCUT2D eigenvalue weighted by Crippen LogP contribution is -2.43. The second-order valence-corrected chi connectivity index (χ2v) is 6.54. The number of aromatic nitrogens is 1. The maximum atomic E-state index is 12.9. The lowest BCUT2D eigenvalue weighted by molar-refractivity contribution is -0.139. The third-order valence-electron chi connectivity index (χ3n) is 4.90. The Morgan fingerprint density at radius 1 is 1.12 bits per heavy atom. The summed E-state index contributed by atoms with van der Waals surface area (Å²) in [6.07, 6.45) is -0.0404. The van der Waals surface area contributed by atoms with Crippen LogP contribution in [0.4, 0.5) is 0 Å². The molecule has 128 valence electrons. The molecule has 0 saturated carbocycles. The summed E-state index contributed by atoms with van der Waals surface area (Å²) in [5.74, 6) is 0.147. The topological polar surface area (TPSA) is 34.5 Å². The molecule has 4 rings (SSSR count). The molecule has 0 spiro atoms. The van der Waals surface area contributed by atoms with E-state index in [9.17, 15) is 4.79 Å². The van der Waals surface area contributed by atoms with E-state index >= 15 is 0 Å². The third-order valence-corrected chi connectivity index (χ3v) is 4.90. The molecule has 1 amide bonds. The van der Waals surface area contributed by atoms with Crippen LogP contribution >= 0.6 is 0 Å². The van der Waals surface area contributed by atoms with Gasteiger partial charge in [-0.1, -0.05) is 48.5 Å². The van der Waals surface area contributed by atoms with Gasteiger partial charge in [-0.25, -0.2) is 0 Å². The highest BCUT2D eigenvalue weighted by Crippen LogP contribution is 2.23. The Labute approximate surface area is 147 Å². The van der Waals surface area contributed by atoms with Crippen molar-refractivity contribution in [3.8, 4) is 0 Å². The first-order valence-corrected chi connectivity index (χ1v) is 8.71. The van der Waals surface area contributed by atoms with E-state index in [1.165, 1.54) is 5.39 Å². The van der Waals surface area contributed by atoms with Crippen molar-refractivity contribution < 1.29 is 9.53 Å². The van der Waals surface area contributed by atoms with E-state index in [1.807, 2.05) is 35.2 Å². The Bertz CT molecular complexity index is 885. The number of benzene rings is 2. The van der Waals surface area contributed by atoms with Gasteiger partial charge in [0.25, 0.3) is 0 Å². The number of carbonyl (C=O) groups excluding carboxylic acids is 1. The molecule has 1 unspecified atom stereocenters. The maximum absolute atomic E-state index is 12.9. The lowest BCUT2D eigenvalue weighted by atomic mass is 10.1. The smallest absolute Gasteiger partial charge is 0.242 e. The minimum Gasteiger partial charge on any atom is -0.370 e. The molecule has 0 bridgehead atoms. The number of rotatable bonds is 3. The molecule has 25 heavy (non-hydrogen) atoms. The fourth-order valence-electron chi connectivity index (χ4n) is 3.54. The minimum atomic E-state index is -0.0404. The van der Waals surface area contributed by atoms with Crippen molar-refractivity contribution in [3.63, 3.8) is 0 Å². The van der Waals surface area contributed by atoms with Gasteiger partial charge < -0.3 is 14.2 Å². The molecule has 1 aliphatic rings. The molecule has 0 aliphatic carbocycles. The molecule has 4 heteroatoms. The van der Waals surface area contributed by atoms with Crippen LogP contribution in [0.5, 0.6) is 0 Å². The summed E-state index contributed by atoms with van der Waals surface area (Å²) in [6.45, 7) is 4.28. The van der Waals surface area contributed by atoms with E-state index in [1.54, 1.807) is 0 Å². The zero-order valence-electron chi connectivity index (χ0n) is 14.4. The number of aryl methyl sites for hydroxylation is 1. The van der Waals surface area contributed by atoms with Crippen LogP contribution in [0.1, 0.15) is 17.4 Å². The van der Waals surface area contributed by atoms with Crippen LogP contribution in [0, 0.1) is 6.92 Å². The zero-order chi connectivity index (χ0) is 17.2. The predicted octanol–water partition coefficient (Wildman–Crippen LogP) is 3.55. The van der Waals surface area contributed by atoms with E-state index in [-0.39, 0.29) is 12.0 Å². The zero-order valence-corrected chi connectivity index (χ0v) is 14.4. The van der Waals surface area contributed by atoms with E-state index < -0.39 is 0 Å². The van der Waals surface area contributed by atoms with E-state index in [4.69, 9.17) is 4.74 Å². The lowest BCUT2D eigenvalue weighted by Gasteiger charge is -2.33. The largest absolute Gasteiger partial charge is 0.370 e. The second-order valence-electron chi connectivity index (χ2n) is 6.54. The van der Waals surface area contributed by atoms with Gasteiger partial charge in [-0.3, -0.25) is 4.79 Å². The van der Waals surface area contributed by atoms with Crippen molar-refractivity contribution in [1.29, 1.82) is 0 Å². The van der Waals surface area contributed by atoms with Gasteiger partial charge in [0, 0.05) is 17.8 Å². The average Bonchev–Trinajstić information content (AvgIpc) is 2.98. The molecular formula is C21H22N2O2. The quantitative estimate of drug-likeness (QED) is 0.734. The molecule has 1 fully saturated rings. The van der Waals surface area contributed by atoms with Crippen molar-refractivity contribution in [2.45, 2.75) is 19.6 Å². The standard InChI is InChI=1S/C21H22N2O2/c1-16-13-18-9-5-6-10-19(18)23(16)15-21(24)22-11-12-25-20(14-22)17-7-3-2-4-8-17/h2-10,13,20H,11-12,14-15H2,1H3. The molecule has 1 atom stereocenters. The fraction of sp³-hybridized carbons (Fsp3) is 0.286. The van der Waals surface area contributed by atoms with Crippen LogP contribution in [-0.2, 0) is 16.1 Å². The van der Waals surface area contributed by atoms with E-state index in [0.29, 0.717) is 26.2 Å². The van der Waals surface area contributed by atoms with Crippen molar-refractivity contribution in [2.24, 2.45) is 0 Å². The Hall–Kier alpha value is -2.59. The van der Waals surface area contributed by atoms with Gasteiger partial charge in [-0.05, 0) is 30.0 Å². The van der Waals surface area contributed by atoms with Gasteiger partial charge in [-0.2, -0.15) is 0 Å². The van der Waals surface area contributed by atoms with Crippen LogP contribution in [0.15, 0.2) is 60.7 Å². The van der Waals surface area contributed by atoms with Crippen molar-refractivity contribution in [2.75, 3.05) is 19.7 Å². The molecular weight excluding hydrogens is 312 g/mol. The van der Waals surface area contributed by atoms with Crippen molar-refractivity contribution in [3.05, 3.63) is 71.9 Å². The van der Waals surface area contributed by atoms with Crippen LogP contribution in [0.2, 0.25) is 0 Å². The highest BCUT2D eigenvalue weighted by Gasteiger charge is 2.25. The molecule has 1 saturated heterocycles. The van der Waals surface area contributed by atoms with Gasteiger partial charge >= 0.3 is 0 Å². The molecule has 1 aromatic heterocycles. The third kappa shape index (κ3) is 3.17. The molecule has 0 radical (unpaired) electrons. The Balaban J connectivity index is 1.51. The number of carbonyl (C=O) groups is 1. The molecule has 3 aromatic rings. The second kappa shape index (κ2) is 6.73. The van der Waals surface area contributed by atoms with Gasteiger partial charge in [-0.15, -0.1) is 0 Å². The number of hydrogen-bond acceptors (Lipinski definition) is 2. The molecule has 2 aromatic carbocycles. The highest BCUT2D eigenvalue weighted by molar-refractivity contribution is 5.84. The minimum absolute atomic E-state index is 0.0404. The summed E-state index contributed by atoms with van der Waals surface area (Å²) in [7, 11) is 0. The van der Waals surface area contributed by atoms with Gasteiger partial charge in [0.05, 0.1) is 13.2 Å². The molecule has 0 N–H and O–H groups in total. The predicted molar refractivity (Wildman–Crippen MR) is 98.4 cm³/mol. The van der Waals surface area contributed by atoms with Gasteiger partial charge in [0.1, 0.15) is 12.6 Å². The Kier molecular flexibility index (Phi) is 4.28. The highest BCUT2D eigenvalue weighted by atomic mass is 16.5.